The van der Waals surface area contributed by atoms with E-state index in [4.69, 9.17) is 0 Å². The van der Waals surface area contributed by atoms with Crippen LogP contribution in [0.25, 0.3) is 98.4 Å². The van der Waals surface area contributed by atoms with Gasteiger partial charge in [0, 0.05) is 32.9 Å². The SMILES string of the molecule is Oc1ccc2c(c1)c1cc(-c3ccc4c(c3)c3ccccc3n4-c3ccc4c5ccccc5c5ccccc5c4c3)ccc1n2-c1ccccc1. The van der Waals surface area contributed by atoms with Crippen LogP contribution in [0.3, 0.4) is 0 Å². The quantitative estimate of drug-likeness (QED) is 0.190. The maximum absolute atomic E-state index is 10.5. The Morgan fingerprint density at radius 3 is 1.37 bits per heavy atom. The molecule has 0 saturated carbocycles. The van der Waals surface area contributed by atoms with Crippen molar-refractivity contribution in [3.05, 3.63) is 176 Å². The van der Waals surface area contributed by atoms with Gasteiger partial charge in [0.15, 0.2) is 0 Å². The Bertz CT molecular complexity index is 3170. The van der Waals surface area contributed by atoms with Crippen LogP contribution in [-0.4, -0.2) is 14.2 Å². The molecular weight excluding hydrogens is 621 g/mol. The number of fused-ring (bicyclic) bond motifs is 12. The molecule has 51 heavy (non-hydrogen) atoms. The first-order valence-electron chi connectivity index (χ1n) is 17.4. The van der Waals surface area contributed by atoms with Crippen molar-refractivity contribution in [3.8, 4) is 28.3 Å². The number of aromatic hydroxyl groups is 1. The molecule has 0 aliphatic carbocycles. The molecule has 0 spiro atoms. The van der Waals surface area contributed by atoms with Gasteiger partial charge in [-0.25, -0.2) is 0 Å². The van der Waals surface area contributed by atoms with E-state index in [9.17, 15) is 5.11 Å². The van der Waals surface area contributed by atoms with Crippen molar-refractivity contribution in [1.29, 1.82) is 0 Å². The standard InChI is InChI=1S/C48H30N2O/c51-34-21-25-48-44(29-34)43-27-31(19-24-47(43)49(48)32-10-2-1-3-11-32)30-18-23-46-42(26-30)40-16-8-9-17-45(40)50(46)33-20-22-39-37-14-5-4-12-35(37)36-13-6-7-15-38(36)41(39)28-33/h1-29,51H. The highest BCUT2D eigenvalue weighted by molar-refractivity contribution is 6.25. The lowest BCUT2D eigenvalue weighted by Gasteiger charge is -2.14. The Hall–Kier alpha value is -6.84. The van der Waals surface area contributed by atoms with Crippen molar-refractivity contribution in [1.82, 2.24) is 9.13 Å². The van der Waals surface area contributed by atoms with Gasteiger partial charge in [0.05, 0.1) is 22.1 Å². The predicted octanol–water partition coefficient (Wildman–Crippen LogP) is 12.7. The second-order valence-corrected chi connectivity index (χ2v) is 13.5. The minimum Gasteiger partial charge on any atom is -0.508 e. The van der Waals surface area contributed by atoms with E-state index >= 15 is 0 Å². The highest BCUT2D eigenvalue weighted by Crippen LogP contribution is 2.41. The molecule has 3 heteroatoms. The minimum atomic E-state index is 0.268. The summed E-state index contributed by atoms with van der Waals surface area (Å²) >= 11 is 0. The molecule has 0 amide bonds. The lowest BCUT2D eigenvalue weighted by Crippen LogP contribution is -1.94. The Morgan fingerprint density at radius 1 is 0.275 bits per heavy atom. The second kappa shape index (κ2) is 10.6. The molecule has 0 aliphatic heterocycles. The molecule has 1 N–H and O–H groups in total. The number of benzene rings is 9. The fourth-order valence-electron chi connectivity index (χ4n) is 8.51. The molecule has 238 valence electrons. The third-order valence-electron chi connectivity index (χ3n) is 10.8. The van der Waals surface area contributed by atoms with E-state index in [-0.39, 0.29) is 5.75 Å². The maximum Gasteiger partial charge on any atom is 0.116 e. The Kier molecular flexibility index (Phi) is 5.82. The van der Waals surface area contributed by atoms with E-state index in [2.05, 4.69) is 161 Å². The fraction of sp³-hybridized carbons (Fsp3) is 0. The van der Waals surface area contributed by atoms with Crippen molar-refractivity contribution in [2.75, 3.05) is 0 Å². The summed E-state index contributed by atoms with van der Waals surface area (Å²) in [4.78, 5) is 0. The van der Waals surface area contributed by atoms with Gasteiger partial charge in [-0.1, -0.05) is 103 Å². The summed E-state index contributed by atoms with van der Waals surface area (Å²) in [6.45, 7) is 0. The third-order valence-corrected chi connectivity index (χ3v) is 10.8. The average Bonchev–Trinajstić information content (AvgIpc) is 3.70. The lowest BCUT2D eigenvalue weighted by molar-refractivity contribution is 0.476. The van der Waals surface area contributed by atoms with Crippen molar-refractivity contribution in [2.45, 2.75) is 0 Å². The van der Waals surface area contributed by atoms with Crippen molar-refractivity contribution in [2.24, 2.45) is 0 Å². The van der Waals surface area contributed by atoms with Crippen molar-refractivity contribution in [3.63, 3.8) is 0 Å². The minimum absolute atomic E-state index is 0.268. The smallest absolute Gasteiger partial charge is 0.116 e. The number of aromatic nitrogens is 2. The number of para-hydroxylation sites is 2. The third kappa shape index (κ3) is 4.06. The van der Waals surface area contributed by atoms with Gasteiger partial charge < -0.3 is 14.2 Å². The lowest BCUT2D eigenvalue weighted by atomic mass is 9.94. The van der Waals surface area contributed by atoms with Crippen LogP contribution in [0.5, 0.6) is 5.75 Å². The zero-order chi connectivity index (χ0) is 33.6. The molecule has 0 radical (unpaired) electrons. The van der Waals surface area contributed by atoms with Crippen LogP contribution < -0.4 is 0 Å². The number of nitrogens with zero attached hydrogens (tertiary/aromatic N) is 2. The van der Waals surface area contributed by atoms with Gasteiger partial charge in [-0.15, -0.1) is 0 Å². The van der Waals surface area contributed by atoms with Crippen LogP contribution in [0, 0.1) is 0 Å². The fourth-order valence-corrected chi connectivity index (χ4v) is 8.51. The monoisotopic (exact) mass is 650 g/mol. The van der Waals surface area contributed by atoms with E-state index in [1.165, 1.54) is 54.1 Å². The summed E-state index contributed by atoms with van der Waals surface area (Å²) in [5.41, 5.74) is 9.09. The molecule has 0 atom stereocenters. The Labute approximate surface area is 293 Å². The first-order valence-corrected chi connectivity index (χ1v) is 17.4. The summed E-state index contributed by atoms with van der Waals surface area (Å²) in [5, 5.41) is 22.8. The van der Waals surface area contributed by atoms with Gasteiger partial charge in [0.1, 0.15) is 5.75 Å². The van der Waals surface area contributed by atoms with Gasteiger partial charge in [-0.2, -0.15) is 0 Å². The molecule has 2 heterocycles. The van der Waals surface area contributed by atoms with E-state index in [0.717, 1.165) is 44.3 Å². The molecule has 0 fully saturated rings. The highest BCUT2D eigenvalue weighted by atomic mass is 16.3. The van der Waals surface area contributed by atoms with Crippen LogP contribution in [0.1, 0.15) is 0 Å². The van der Waals surface area contributed by atoms with Gasteiger partial charge >= 0.3 is 0 Å². The summed E-state index contributed by atoms with van der Waals surface area (Å²) in [7, 11) is 0. The Morgan fingerprint density at radius 2 is 0.725 bits per heavy atom. The molecular formula is C48H30N2O. The predicted molar refractivity (Wildman–Crippen MR) is 215 cm³/mol. The van der Waals surface area contributed by atoms with E-state index in [1.807, 2.05) is 18.2 Å². The van der Waals surface area contributed by atoms with Crippen molar-refractivity contribution >= 4 is 75.9 Å². The highest BCUT2D eigenvalue weighted by Gasteiger charge is 2.17. The van der Waals surface area contributed by atoms with Gasteiger partial charge in [-0.05, 0) is 116 Å². The molecule has 11 aromatic rings. The van der Waals surface area contributed by atoms with E-state index in [0.29, 0.717) is 0 Å². The number of phenols is 1. The molecule has 0 saturated heterocycles. The largest absolute Gasteiger partial charge is 0.508 e. The van der Waals surface area contributed by atoms with Gasteiger partial charge in [0.2, 0.25) is 0 Å². The summed E-state index contributed by atoms with van der Waals surface area (Å²) in [6, 6.07) is 62.9. The molecule has 9 aromatic carbocycles. The van der Waals surface area contributed by atoms with E-state index in [1.54, 1.807) is 6.07 Å². The van der Waals surface area contributed by atoms with Crippen LogP contribution in [0.15, 0.2) is 176 Å². The Balaban J connectivity index is 1.12. The second-order valence-electron chi connectivity index (χ2n) is 13.5. The number of rotatable bonds is 3. The van der Waals surface area contributed by atoms with Crippen LogP contribution in [0.2, 0.25) is 0 Å². The van der Waals surface area contributed by atoms with Crippen LogP contribution in [-0.2, 0) is 0 Å². The number of phenolic OH excluding ortho intramolecular Hbond substituents is 1. The maximum atomic E-state index is 10.5. The molecule has 0 unspecified atom stereocenters. The molecule has 0 bridgehead atoms. The molecule has 3 nitrogen and oxygen atoms in total. The van der Waals surface area contributed by atoms with Crippen LogP contribution in [0.4, 0.5) is 0 Å². The van der Waals surface area contributed by atoms with E-state index < -0.39 is 0 Å². The summed E-state index contributed by atoms with van der Waals surface area (Å²) < 4.78 is 4.69. The molecule has 2 aromatic heterocycles. The van der Waals surface area contributed by atoms with Gasteiger partial charge in [-0.3, -0.25) is 0 Å². The normalized spacial score (nSPS) is 12.0. The molecule has 11 rings (SSSR count). The zero-order valence-electron chi connectivity index (χ0n) is 27.6. The topological polar surface area (TPSA) is 30.1 Å². The average molecular weight is 651 g/mol. The first-order chi connectivity index (χ1) is 25.2. The van der Waals surface area contributed by atoms with Gasteiger partial charge in [0.25, 0.3) is 0 Å². The molecule has 0 aliphatic rings. The summed E-state index contributed by atoms with van der Waals surface area (Å²) in [6.07, 6.45) is 0. The number of hydrogen-bond acceptors (Lipinski definition) is 1. The van der Waals surface area contributed by atoms with Crippen LogP contribution >= 0.6 is 0 Å². The summed E-state index contributed by atoms with van der Waals surface area (Å²) in [5.74, 6) is 0.268. The van der Waals surface area contributed by atoms with Crippen molar-refractivity contribution < 1.29 is 5.11 Å². The zero-order valence-corrected chi connectivity index (χ0v) is 27.6. The number of hydrogen-bond donors (Lipinski definition) is 1. The first kappa shape index (κ1) is 28.0.